The zero-order valence-corrected chi connectivity index (χ0v) is 22.9. The van der Waals surface area contributed by atoms with Gasteiger partial charge in [0.1, 0.15) is 6.10 Å². The van der Waals surface area contributed by atoms with Crippen LogP contribution in [0.1, 0.15) is 77.2 Å². The highest BCUT2D eigenvalue weighted by molar-refractivity contribution is 6.30. The SMILES string of the molecule is CC(C)(C)NC(=O)OC1CCN(C(=O)CC2(O)CCCC(c3cccc(-c4ccc(Cl)cc4)c3)C2)CC1. The van der Waals surface area contributed by atoms with Crippen LogP contribution in [0.5, 0.6) is 0 Å². The van der Waals surface area contributed by atoms with E-state index in [4.69, 9.17) is 16.3 Å². The van der Waals surface area contributed by atoms with Gasteiger partial charge in [-0.15, -0.1) is 0 Å². The van der Waals surface area contributed by atoms with E-state index in [0.717, 1.165) is 24.0 Å². The zero-order chi connectivity index (χ0) is 26.6. The predicted octanol–water partition coefficient (Wildman–Crippen LogP) is 6.30. The molecule has 2 unspecified atom stereocenters. The highest BCUT2D eigenvalue weighted by Crippen LogP contribution is 2.41. The molecule has 2 N–H and O–H groups in total. The topological polar surface area (TPSA) is 78.9 Å². The fourth-order valence-electron chi connectivity index (χ4n) is 5.50. The van der Waals surface area contributed by atoms with E-state index in [9.17, 15) is 14.7 Å². The molecule has 2 aromatic carbocycles. The molecule has 0 bridgehead atoms. The van der Waals surface area contributed by atoms with Crippen LogP contribution in [0, 0.1) is 0 Å². The lowest BCUT2D eigenvalue weighted by Gasteiger charge is -2.39. The van der Waals surface area contributed by atoms with Crippen molar-refractivity contribution in [1.29, 1.82) is 0 Å². The fraction of sp³-hybridized carbons (Fsp3) is 0.533. The molecule has 6 nitrogen and oxygen atoms in total. The first-order chi connectivity index (χ1) is 17.5. The van der Waals surface area contributed by atoms with E-state index in [1.165, 1.54) is 5.56 Å². The molecular weight excluding hydrogens is 488 g/mol. The number of carbonyl (C=O) groups is 2. The van der Waals surface area contributed by atoms with Gasteiger partial charge in [0.25, 0.3) is 0 Å². The summed E-state index contributed by atoms with van der Waals surface area (Å²) in [5.74, 6) is 0.190. The van der Waals surface area contributed by atoms with Gasteiger partial charge in [-0.05, 0) is 81.2 Å². The van der Waals surface area contributed by atoms with Gasteiger partial charge in [0.05, 0.1) is 12.0 Å². The predicted molar refractivity (Wildman–Crippen MR) is 147 cm³/mol. The number of nitrogens with one attached hydrogen (secondary N) is 1. The molecule has 1 aliphatic carbocycles. The van der Waals surface area contributed by atoms with E-state index < -0.39 is 11.7 Å². The van der Waals surface area contributed by atoms with Crippen LogP contribution in [0.25, 0.3) is 11.1 Å². The first-order valence-corrected chi connectivity index (χ1v) is 13.7. The van der Waals surface area contributed by atoms with Gasteiger partial charge in [0.15, 0.2) is 0 Å². The second-order valence-corrected chi connectivity index (χ2v) is 12.1. The average Bonchev–Trinajstić information content (AvgIpc) is 2.83. The molecule has 37 heavy (non-hydrogen) atoms. The summed E-state index contributed by atoms with van der Waals surface area (Å²) in [5, 5.41) is 15.0. The summed E-state index contributed by atoms with van der Waals surface area (Å²) in [4.78, 5) is 27.0. The first-order valence-electron chi connectivity index (χ1n) is 13.3. The number of benzene rings is 2. The number of nitrogens with zero attached hydrogens (tertiary/aromatic N) is 1. The Hall–Kier alpha value is -2.57. The van der Waals surface area contributed by atoms with Gasteiger partial charge in [0, 0.05) is 36.5 Å². The second kappa shape index (κ2) is 11.4. The van der Waals surface area contributed by atoms with Crippen LogP contribution >= 0.6 is 11.6 Å². The average molecular weight is 527 g/mol. The van der Waals surface area contributed by atoms with Crippen molar-refractivity contribution >= 4 is 23.6 Å². The molecule has 2 aromatic rings. The number of likely N-dealkylation sites (tertiary alicyclic amines) is 1. The largest absolute Gasteiger partial charge is 0.446 e. The summed E-state index contributed by atoms with van der Waals surface area (Å²) in [6, 6.07) is 16.3. The van der Waals surface area contributed by atoms with Gasteiger partial charge in [0.2, 0.25) is 5.91 Å². The lowest BCUT2D eigenvalue weighted by Crippen LogP contribution is -2.47. The van der Waals surface area contributed by atoms with Crippen molar-refractivity contribution in [3.05, 3.63) is 59.1 Å². The van der Waals surface area contributed by atoms with Gasteiger partial charge in [-0.2, -0.15) is 0 Å². The standard InChI is InChI=1S/C30H39ClN2O4/c1-29(2,3)32-28(35)37-26-13-16-33(17-14-26)27(34)20-30(36)15-5-8-24(19-30)23-7-4-6-22(18-23)21-9-11-25(31)12-10-21/h4,6-7,9-12,18,24,26,36H,5,8,13-17,19-20H2,1-3H3,(H,32,35). The Morgan fingerprint density at radius 1 is 1.08 bits per heavy atom. The number of carbonyl (C=O) groups excluding carboxylic acids is 2. The molecule has 2 fully saturated rings. The van der Waals surface area contributed by atoms with E-state index in [1.54, 1.807) is 0 Å². The number of amides is 2. The Kier molecular flexibility index (Phi) is 8.49. The Morgan fingerprint density at radius 3 is 2.46 bits per heavy atom. The number of rotatable bonds is 5. The van der Waals surface area contributed by atoms with Crippen molar-refractivity contribution < 1.29 is 19.4 Å². The lowest BCUT2D eigenvalue weighted by molar-refractivity contribution is -0.140. The summed E-state index contributed by atoms with van der Waals surface area (Å²) in [7, 11) is 0. The van der Waals surface area contributed by atoms with E-state index in [0.29, 0.717) is 43.8 Å². The maximum absolute atomic E-state index is 13.1. The van der Waals surface area contributed by atoms with Crippen LogP contribution in [0.2, 0.25) is 5.02 Å². The number of halogens is 1. The van der Waals surface area contributed by atoms with Crippen molar-refractivity contribution in [2.45, 2.75) is 88.9 Å². The molecule has 1 heterocycles. The van der Waals surface area contributed by atoms with Gasteiger partial charge >= 0.3 is 6.09 Å². The second-order valence-electron chi connectivity index (χ2n) is 11.7. The summed E-state index contributed by atoms with van der Waals surface area (Å²) in [6.07, 6.45) is 3.85. The molecule has 1 saturated carbocycles. The van der Waals surface area contributed by atoms with Gasteiger partial charge in [-0.3, -0.25) is 4.79 Å². The zero-order valence-electron chi connectivity index (χ0n) is 22.1. The molecule has 2 amide bonds. The summed E-state index contributed by atoms with van der Waals surface area (Å²) in [5.41, 5.74) is 2.08. The highest BCUT2D eigenvalue weighted by Gasteiger charge is 2.38. The Labute approximate surface area is 225 Å². The van der Waals surface area contributed by atoms with Crippen LogP contribution in [-0.2, 0) is 9.53 Å². The molecule has 7 heteroatoms. The minimum absolute atomic E-state index is 0.0179. The molecule has 1 aliphatic heterocycles. The van der Waals surface area contributed by atoms with E-state index >= 15 is 0 Å². The normalized spacial score (nSPS) is 22.9. The number of hydrogen-bond donors (Lipinski definition) is 2. The molecular formula is C30H39ClN2O4. The first kappa shape index (κ1) is 27.5. The summed E-state index contributed by atoms with van der Waals surface area (Å²) < 4.78 is 5.53. The maximum atomic E-state index is 13.1. The molecule has 0 radical (unpaired) electrons. The fourth-order valence-corrected chi connectivity index (χ4v) is 5.63. The third-order valence-corrected chi connectivity index (χ3v) is 7.63. The van der Waals surface area contributed by atoms with Crippen LogP contribution in [-0.4, -0.2) is 52.3 Å². The third kappa shape index (κ3) is 7.71. The van der Waals surface area contributed by atoms with Crippen molar-refractivity contribution in [2.24, 2.45) is 0 Å². The van der Waals surface area contributed by atoms with E-state index in [2.05, 4.69) is 29.6 Å². The molecule has 1 saturated heterocycles. The number of aliphatic hydroxyl groups is 1. The Bertz CT molecular complexity index is 1090. The molecule has 200 valence electrons. The number of alkyl carbamates (subject to hydrolysis) is 1. The monoisotopic (exact) mass is 526 g/mol. The smallest absolute Gasteiger partial charge is 0.407 e. The lowest BCUT2D eigenvalue weighted by atomic mass is 9.73. The molecule has 4 rings (SSSR count). The van der Waals surface area contributed by atoms with Gasteiger partial charge in [-0.1, -0.05) is 48.0 Å². The molecule has 2 aliphatic rings. The van der Waals surface area contributed by atoms with Crippen molar-refractivity contribution in [1.82, 2.24) is 10.2 Å². The van der Waals surface area contributed by atoms with Crippen LogP contribution in [0.15, 0.2) is 48.5 Å². The molecule has 0 spiro atoms. The Balaban J connectivity index is 1.32. The van der Waals surface area contributed by atoms with Crippen LogP contribution in [0.3, 0.4) is 0 Å². The van der Waals surface area contributed by atoms with Crippen molar-refractivity contribution in [2.75, 3.05) is 13.1 Å². The highest BCUT2D eigenvalue weighted by atomic mass is 35.5. The minimum atomic E-state index is -1.00. The molecule has 2 atom stereocenters. The van der Waals surface area contributed by atoms with E-state index in [1.807, 2.05) is 49.9 Å². The summed E-state index contributed by atoms with van der Waals surface area (Å²) >= 11 is 6.05. The van der Waals surface area contributed by atoms with Crippen LogP contribution in [0.4, 0.5) is 4.79 Å². The number of piperidine rings is 1. The third-order valence-electron chi connectivity index (χ3n) is 7.38. The van der Waals surface area contributed by atoms with Gasteiger partial charge in [-0.25, -0.2) is 4.79 Å². The van der Waals surface area contributed by atoms with Crippen molar-refractivity contribution in [3.63, 3.8) is 0 Å². The number of ether oxygens (including phenoxy) is 1. The van der Waals surface area contributed by atoms with Crippen LogP contribution < -0.4 is 5.32 Å². The van der Waals surface area contributed by atoms with Crippen molar-refractivity contribution in [3.8, 4) is 11.1 Å². The minimum Gasteiger partial charge on any atom is -0.446 e. The quantitative estimate of drug-likeness (QED) is 0.479. The molecule has 0 aromatic heterocycles. The van der Waals surface area contributed by atoms with Gasteiger partial charge < -0.3 is 20.1 Å². The summed E-state index contributed by atoms with van der Waals surface area (Å²) in [6.45, 7) is 6.80. The number of hydrogen-bond acceptors (Lipinski definition) is 4. The van der Waals surface area contributed by atoms with E-state index in [-0.39, 0.29) is 29.9 Å². The maximum Gasteiger partial charge on any atom is 0.407 e. The Morgan fingerprint density at radius 2 is 1.78 bits per heavy atom.